The van der Waals surface area contributed by atoms with E-state index in [2.05, 4.69) is 21.2 Å². The van der Waals surface area contributed by atoms with Crippen LogP contribution in [-0.2, 0) is 0 Å². The van der Waals surface area contributed by atoms with Crippen LogP contribution in [0.1, 0.15) is 10.4 Å². The monoisotopic (exact) mass is 338 g/mol. The largest absolute Gasteiger partial charge is 0.497 e. The van der Waals surface area contributed by atoms with Crippen LogP contribution in [0.3, 0.4) is 0 Å². The third kappa shape index (κ3) is 3.08. The molecule has 2 aromatic rings. The molecule has 0 heterocycles. The molecule has 0 bridgehead atoms. The molecule has 0 unspecified atom stereocenters. The number of anilines is 2. The Labute approximate surface area is 123 Å². The van der Waals surface area contributed by atoms with Crippen LogP contribution in [0.15, 0.2) is 40.9 Å². The second-order valence-electron chi connectivity index (χ2n) is 4.03. The van der Waals surface area contributed by atoms with E-state index in [9.17, 15) is 9.18 Å². The van der Waals surface area contributed by atoms with Crippen molar-refractivity contribution in [1.29, 1.82) is 0 Å². The second kappa shape index (κ2) is 5.92. The first-order valence-corrected chi connectivity index (χ1v) is 6.50. The van der Waals surface area contributed by atoms with Gasteiger partial charge in [0.05, 0.1) is 24.0 Å². The number of nitrogen functional groups attached to an aromatic ring is 1. The maximum absolute atomic E-state index is 13.0. The van der Waals surface area contributed by atoms with Crippen molar-refractivity contribution >= 4 is 33.2 Å². The molecule has 0 aromatic heterocycles. The van der Waals surface area contributed by atoms with Gasteiger partial charge in [-0.25, -0.2) is 4.39 Å². The van der Waals surface area contributed by atoms with Crippen molar-refractivity contribution < 1.29 is 13.9 Å². The number of carbonyl (C=O) groups is 1. The number of nitrogens with two attached hydrogens (primary N) is 1. The summed E-state index contributed by atoms with van der Waals surface area (Å²) in [5.41, 5.74) is 6.95. The summed E-state index contributed by atoms with van der Waals surface area (Å²) >= 11 is 3.15. The third-order valence-electron chi connectivity index (χ3n) is 2.68. The van der Waals surface area contributed by atoms with Crippen molar-refractivity contribution in [3.8, 4) is 5.75 Å². The molecule has 3 N–H and O–H groups in total. The molecule has 20 heavy (non-hydrogen) atoms. The standard InChI is InChI=1S/C14H12BrFN2O2/c1-20-9-3-5-12(17)13(7-9)18-14(19)10-4-2-8(16)6-11(10)15/h2-7H,17H2,1H3,(H,18,19). The summed E-state index contributed by atoms with van der Waals surface area (Å²) in [5, 5.41) is 2.67. The summed E-state index contributed by atoms with van der Waals surface area (Å²) in [6, 6.07) is 8.78. The summed E-state index contributed by atoms with van der Waals surface area (Å²) in [6.07, 6.45) is 0. The normalized spacial score (nSPS) is 10.2. The van der Waals surface area contributed by atoms with Crippen LogP contribution in [0.25, 0.3) is 0 Å². The Hall–Kier alpha value is -2.08. The number of amides is 1. The average molecular weight is 339 g/mol. The van der Waals surface area contributed by atoms with Crippen molar-refractivity contribution in [1.82, 2.24) is 0 Å². The first-order chi connectivity index (χ1) is 9.51. The van der Waals surface area contributed by atoms with Crippen molar-refractivity contribution in [3.05, 3.63) is 52.3 Å². The zero-order chi connectivity index (χ0) is 14.7. The maximum Gasteiger partial charge on any atom is 0.256 e. The number of halogens is 2. The minimum atomic E-state index is -0.422. The lowest BCUT2D eigenvalue weighted by Crippen LogP contribution is -2.14. The highest BCUT2D eigenvalue weighted by molar-refractivity contribution is 9.10. The number of methoxy groups -OCH3 is 1. The minimum absolute atomic E-state index is 0.314. The molecule has 0 spiro atoms. The molecular formula is C14H12BrFN2O2. The molecule has 104 valence electrons. The summed E-state index contributed by atoms with van der Waals surface area (Å²) in [4.78, 5) is 12.1. The number of nitrogens with one attached hydrogen (secondary N) is 1. The molecule has 0 aliphatic heterocycles. The van der Waals surface area contributed by atoms with E-state index in [0.29, 0.717) is 27.2 Å². The highest BCUT2D eigenvalue weighted by atomic mass is 79.9. The molecule has 0 aliphatic rings. The van der Waals surface area contributed by atoms with E-state index in [1.54, 1.807) is 18.2 Å². The van der Waals surface area contributed by atoms with Gasteiger partial charge in [0.15, 0.2) is 0 Å². The van der Waals surface area contributed by atoms with E-state index in [4.69, 9.17) is 10.5 Å². The molecule has 0 saturated heterocycles. The Bertz CT molecular complexity index is 662. The summed E-state index contributed by atoms with van der Waals surface area (Å²) < 4.78 is 18.4. The highest BCUT2D eigenvalue weighted by Crippen LogP contribution is 2.26. The zero-order valence-electron chi connectivity index (χ0n) is 10.6. The van der Waals surface area contributed by atoms with Gasteiger partial charge in [0, 0.05) is 10.5 Å². The summed E-state index contributed by atoms with van der Waals surface area (Å²) in [5.74, 6) is -0.237. The molecule has 0 radical (unpaired) electrons. The molecule has 6 heteroatoms. The Kier molecular flexibility index (Phi) is 4.24. The van der Waals surface area contributed by atoms with Crippen LogP contribution < -0.4 is 15.8 Å². The van der Waals surface area contributed by atoms with Crippen LogP contribution >= 0.6 is 15.9 Å². The maximum atomic E-state index is 13.0. The Morgan fingerprint density at radius 3 is 2.70 bits per heavy atom. The lowest BCUT2D eigenvalue weighted by Gasteiger charge is -2.11. The molecule has 2 rings (SSSR count). The Morgan fingerprint density at radius 1 is 1.30 bits per heavy atom. The minimum Gasteiger partial charge on any atom is -0.497 e. The van der Waals surface area contributed by atoms with Crippen molar-refractivity contribution in [3.63, 3.8) is 0 Å². The van der Waals surface area contributed by atoms with Crippen molar-refractivity contribution in [2.24, 2.45) is 0 Å². The quantitative estimate of drug-likeness (QED) is 0.842. The van der Waals surface area contributed by atoms with Gasteiger partial charge in [-0.2, -0.15) is 0 Å². The molecular weight excluding hydrogens is 327 g/mol. The molecule has 0 saturated carbocycles. The van der Waals surface area contributed by atoms with Gasteiger partial charge in [-0.05, 0) is 46.3 Å². The van der Waals surface area contributed by atoms with Gasteiger partial charge in [-0.1, -0.05) is 0 Å². The van der Waals surface area contributed by atoms with Crippen LogP contribution in [0.2, 0.25) is 0 Å². The summed E-state index contributed by atoms with van der Waals surface area (Å²) in [7, 11) is 1.52. The van der Waals surface area contributed by atoms with Crippen LogP contribution in [0.4, 0.5) is 15.8 Å². The summed E-state index contributed by atoms with van der Waals surface area (Å²) in [6.45, 7) is 0. The number of benzene rings is 2. The lowest BCUT2D eigenvalue weighted by atomic mass is 10.2. The fourth-order valence-electron chi connectivity index (χ4n) is 1.63. The van der Waals surface area contributed by atoms with Gasteiger partial charge in [0.1, 0.15) is 11.6 Å². The Balaban J connectivity index is 2.27. The molecule has 0 atom stereocenters. The van der Waals surface area contributed by atoms with E-state index < -0.39 is 11.7 Å². The fraction of sp³-hybridized carbons (Fsp3) is 0.0714. The van der Waals surface area contributed by atoms with Crippen LogP contribution in [0, 0.1) is 5.82 Å². The number of rotatable bonds is 3. The van der Waals surface area contributed by atoms with Gasteiger partial charge >= 0.3 is 0 Å². The topological polar surface area (TPSA) is 64.3 Å². The van der Waals surface area contributed by atoms with Crippen molar-refractivity contribution in [2.45, 2.75) is 0 Å². The van der Waals surface area contributed by atoms with Crippen LogP contribution in [0.5, 0.6) is 5.75 Å². The van der Waals surface area contributed by atoms with Gasteiger partial charge in [-0.3, -0.25) is 4.79 Å². The molecule has 0 fully saturated rings. The van der Waals surface area contributed by atoms with Gasteiger partial charge < -0.3 is 15.8 Å². The Morgan fingerprint density at radius 2 is 2.05 bits per heavy atom. The molecule has 0 aliphatic carbocycles. The van der Waals surface area contributed by atoms with Crippen molar-refractivity contribution in [2.75, 3.05) is 18.2 Å². The van der Waals surface area contributed by atoms with E-state index in [0.717, 1.165) is 0 Å². The SMILES string of the molecule is COc1ccc(N)c(NC(=O)c2ccc(F)cc2Br)c1. The van der Waals surface area contributed by atoms with Gasteiger partial charge in [0.2, 0.25) is 0 Å². The number of carbonyl (C=O) groups excluding carboxylic acids is 1. The molecule has 4 nitrogen and oxygen atoms in total. The molecule has 1 amide bonds. The second-order valence-corrected chi connectivity index (χ2v) is 4.89. The highest BCUT2D eigenvalue weighted by Gasteiger charge is 2.12. The first-order valence-electron chi connectivity index (χ1n) is 5.71. The molecule has 2 aromatic carbocycles. The number of hydrogen-bond donors (Lipinski definition) is 2. The predicted molar refractivity (Wildman–Crippen MR) is 79.5 cm³/mol. The average Bonchev–Trinajstić information content (AvgIpc) is 2.41. The van der Waals surface area contributed by atoms with Gasteiger partial charge in [-0.15, -0.1) is 0 Å². The smallest absolute Gasteiger partial charge is 0.256 e. The lowest BCUT2D eigenvalue weighted by molar-refractivity contribution is 0.102. The third-order valence-corrected chi connectivity index (χ3v) is 3.34. The van der Waals surface area contributed by atoms with Gasteiger partial charge in [0.25, 0.3) is 5.91 Å². The fourth-order valence-corrected chi connectivity index (χ4v) is 2.16. The van der Waals surface area contributed by atoms with E-state index in [1.807, 2.05) is 0 Å². The number of hydrogen-bond acceptors (Lipinski definition) is 3. The van der Waals surface area contributed by atoms with E-state index >= 15 is 0 Å². The van der Waals surface area contributed by atoms with E-state index in [-0.39, 0.29) is 0 Å². The zero-order valence-corrected chi connectivity index (χ0v) is 12.2. The van der Waals surface area contributed by atoms with Crippen LogP contribution in [-0.4, -0.2) is 13.0 Å². The van der Waals surface area contributed by atoms with E-state index in [1.165, 1.54) is 25.3 Å². The number of ether oxygens (including phenoxy) is 1. The first kappa shape index (κ1) is 14.3. The predicted octanol–water partition coefficient (Wildman–Crippen LogP) is 3.43.